The summed E-state index contributed by atoms with van der Waals surface area (Å²) in [5.74, 6) is -0.419. The van der Waals surface area contributed by atoms with Crippen molar-refractivity contribution in [3.8, 4) is 17.5 Å². The van der Waals surface area contributed by atoms with Crippen molar-refractivity contribution in [1.29, 1.82) is 5.26 Å². The fourth-order valence-corrected chi connectivity index (χ4v) is 3.01. The van der Waals surface area contributed by atoms with Crippen LogP contribution in [-0.4, -0.2) is 32.6 Å². The van der Waals surface area contributed by atoms with Gasteiger partial charge < -0.3 is 9.72 Å². The van der Waals surface area contributed by atoms with E-state index < -0.39 is 11.6 Å². The number of benzene rings is 2. The second-order valence-corrected chi connectivity index (χ2v) is 6.16. The maximum Gasteiger partial charge on any atom is 0.205 e. The van der Waals surface area contributed by atoms with E-state index in [0.29, 0.717) is 22.3 Å². The number of ketones is 1. The highest BCUT2D eigenvalue weighted by Crippen LogP contribution is 2.26. The Kier molecular flexibility index (Phi) is 4.63. The zero-order chi connectivity index (χ0) is 20.4. The molecule has 0 saturated heterocycles. The molecular formula is C21H14FN5O2. The van der Waals surface area contributed by atoms with Crippen LogP contribution in [0.1, 0.15) is 15.9 Å². The van der Waals surface area contributed by atoms with E-state index >= 15 is 0 Å². The molecule has 0 aliphatic carbocycles. The van der Waals surface area contributed by atoms with Gasteiger partial charge in [0.05, 0.1) is 7.11 Å². The molecule has 0 spiro atoms. The van der Waals surface area contributed by atoms with Crippen molar-refractivity contribution in [2.24, 2.45) is 0 Å². The second kappa shape index (κ2) is 7.40. The summed E-state index contributed by atoms with van der Waals surface area (Å²) >= 11 is 0. The molecule has 0 unspecified atom stereocenters. The number of rotatable bonds is 5. The highest BCUT2D eigenvalue weighted by molar-refractivity contribution is 6.20. The van der Waals surface area contributed by atoms with Crippen molar-refractivity contribution < 1.29 is 13.9 Å². The zero-order valence-corrected chi connectivity index (χ0v) is 15.3. The zero-order valence-electron chi connectivity index (χ0n) is 15.3. The van der Waals surface area contributed by atoms with Crippen LogP contribution in [-0.2, 0) is 0 Å². The molecule has 0 atom stereocenters. The third-order valence-electron chi connectivity index (χ3n) is 4.45. The Morgan fingerprint density at radius 3 is 2.86 bits per heavy atom. The predicted molar refractivity (Wildman–Crippen MR) is 104 cm³/mol. The highest BCUT2D eigenvalue weighted by atomic mass is 19.1. The molecule has 0 fully saturated rings. The first-order valence-electron chi connectivity index (χ1n) is 8.57. The van der Waals surface area contributed by atoms with Crippen molar-refractivity contribution in [2.75, 3.05) is 7.11 Å². The van der Waals surface area contributed by atoms with E-state index in [1.165, 1.54) is 42.7 Å². The number of hydrogen-bond donors (Lipinski definition) is 1. The van der Waals surface area contributed by atoms with E-state index in [0.717, 1.165) is 5.52 Å². The molecule has 4 aromatic rings. The van der Waals surface area contributed by atoms with Crippen molar-refractivity contribution in [3.05, 3.63) is 77.8 Å². The predicted octanol–water partition coefficient (Wildman–Crippen LogP) is 3.69. The Morgan fingerprint density at radius 2 is 2.17 bits per heavy atom. The number of aromatic amines is 1. The summed E-state index contributed by atoms with van der Waals surface area (Å²) in [6.07, 6.45) is 5.58. The summed E-state index contributed by atoms with van der Waals surface area (Å²) in [4.78, 5) is 19.7. The van der Waals surface area contributed by atoms with Crippen LogP contribution < -0.4 is 4.74 Å². The number of allylic oxidation sites excluding steroid dienone is 1. The molecule has 0 amide bonds. The molecule has 2 aromatic heterocycles. The Bertz CT molecular complexity index is 1280. The van der Waals surface area contributed by atoms with Crippen molar-refractivity contribution in [3.63, 3.8) is 0 Å². The van der Waals surface area contributed by atoms with Crippen LogP contribution >= 0.6 is 0 Å². The number of carbonyl (C=O) groups is 1. The average molecular weight is 387 g/mol. The van der Waals surface area contributed by atoms with Crippen LogP contribution in [0, 0.1) is 17.1 Å². The average Bonchev–Trinajstić information content (AvgIpc) is 3.41. The van der Waals surface area contributed by atoms with Crippen molar-refractivity contribution >= 4 is 22.8 Å². The van der Waals surface area contributed by atoms with Gasteiger partial charge >= 0.3 is 0 Å². The molecule has 1 N–H and O–H groups in total. The van der Waals surface area contributed by atoms with Crippen LogP contribution in [0.25, 0.3) is 22.7 Å². The number of halogens is 1. The molecule has 2 heterocycles. The fraction of sp³-hybridized carbons (Fsp3) is 0.0476. The Labute approximate surface area is 164 Å². The van der Waals surface area contributed by atoms with Crippen LogP contribution in [0.4, 0.5) is 4.39 Å². The minimum Gasteiger partial charge on any atom is -0.497 e. The van der Waals surface area contributed by atoms with Gasteiger partial charge in [-0.25, -0.2) is 14.1 Å². The summed E-state index contributed by atoms with van der Waals surface area (Å²) in [5.41, 5.74) is 1.57. The van der Waals surface area contributed by atoms with Crippen LogP contribution in [0.3, 0.4) is 0 Å². The lowest BCUT2D eigenvalue weighted by Gasteiger charge is -2.04. The number of hydrogen-bond acceptors (Lipinski definition) is 5. The molecule has 0 bridgehead atoms. The van der Waals surface area contributed by atoms with Crippen LogP contribution in [0.2, 0.25) is 0 Å². The second-order valence-electron chi connectivity index (χ2n) is 6.16. The van der Waals surface area contributed by atoms with E-state index in [2.05, 4.69) is 15.1 Å². The number of H-pyrrole nitrogens is 1. The monoisotopic (exact) mass is 387 g/mol. The molecule has 0 radical (unpaired) electrons. The summed E-state index contributed by atoms with van der Waals surface area (Å²) in [6.45, 7) is 0. The Morgan fingerprint density at radius 1 is 1.31 bits per heavy atom. The Hall–Kier alpha value is -4.25. The van der Waals surface area contributed by atoms with E-state index in [1.54, 1.807) is 30.5 Å². The first kappa shape index (κ1) is 18.1. The van der Waals surface area contributed by atoms with E-state index in [4.69, 9.17) is 4.74 Å². The minimum atomic E-state index is -0.550. The summed E-state index contributed by atoms with van der Waals surface area (Å²) in [7, 11) is 1.54. The number of Topliss-reactive ketones (excluding diaryl/α,β-unsaturated/α-hetero) is 1. The third kappa shape index (κ3) is 3.37. The molecule has 0 aliphatic rings. The van der Waals surface area contributed by atoms with Gasteiger partial charge in [-0.05, 0) is 42.0 Å². The Balaban J connectivity index is 1.70. The first-order valence-corrected chi connectivity index (χ1v) is 8.57. The number of nitrogens with zero attached hydrogens (tertiary/aromatic N) is 4. The standard InChI is InChI=1S/C21H14FN5O2/c1-29-15-3-4-19-16(8-15)17(10-25-19)21(28)14(9-23)6-13-2-5-20(18(22)7-13)27-12-24-11-26-27/h2-8,10-12,25H,1H3/b14-6-. The largest absolute Gasteiger partial charge is 0.497 e. The number of nitriles is 1. The number of aromatic nitrogens is 4. The fourth-order valence-electron chi connectivity index (χ4n) is 3.01. The molecule has 0 saturated carbocycles. The molecule has 29 heavy (non-hydrogen) atoms. The van der Waals surface area contributed by atoms with Crippen molar-refractivity contribution in [2.45, 2.75) is 0 Å². The SMILES string of the molecule is COc1ccc2[nH]cc(C(=O)/C(C#N)=C\c3ccc(-n4cncn4)c(F)c3)c2c1. The van der Waals surface area contributed by atoms with Gasteiger partial charge in [-0.1, -0.05) is 6.07 Å². The highest BCUT2D eigenvalue weighted by Gasteiger charge is 2.17. The summed E-state index contributed by atoms with van der Waals surface area (Å²) in [5, 5.41) is 14.0. The van der Waals surface area contributed by atoms with Gasteiger partial charge in [0.2, 0.25) is 5.78 Å². The lowest BCUT2D eigenvalue weighted by atomic mass is 10.0. The molecular weight excluding hydrogens is 373 g/mol. The quantitative estimate of drug-likeness (QED) is 0.320. The van der Waals surface area contributed by atoms with Gasteiger partial charge in [-0.15, -0.1) is 0 Å². The van der Waals surface area contributed by atoms with Gasteiger partial charge in [0.1, 0.15) is 41.6 Å². The van der Waals surface area contributed by atoms with E-state index in [1.807, 2.05) is 6.07 Å². The van der Waals surface area contributed by atoms with Gasteiger partial charge in [-0.3, -0.25) is 4.79 Å². The lowest BCUT2D eigenvalue weighted by molar-refractivity contribution is 0.104. The van der Waals surface area contributed by atoms with Crippen molar-refractivity contribution in [1.82, 2.24) is 19.7 Å². The number of methoxy groups -OCH3 is 1. The van der Waals surface area contributed by atoms with E-state index in [-0.39, 0.29) is 11.3 Å². The maximum atomic E-state index is 14.4. The molecule has 0 aliphatic heterocycles. The molecule has 7 nitrogen and oxygen atoms in total. The lowest BCUT2D eigenvalue weighted by Crippen LogP contribution is -2.02. The third-order valence-corrected chi connectivity index (χ3v) is 4.45. The molecule has 8 heteroatoms. The van der Waals surface area contributed by atoms with Gasteiger partial charge in [0.25, 0.3) is 0 Å². The van der Waals surface area contributed by atoms with Gasteiger partial charge in [0.15, 0.2) is 0 Å². The van der Waals surface area contributed by atoms with Gasteiger partial charge in [-0.2, -0.15) is 10.4 Å². The normalized spacial score (nSPS) is 11.4. The van der Waals surface area contributed by atoms with Crippen LogP contribution in [0.5, 0.6) is 5.75 Å². The smallest absolute Gasteiger partial charge is 0.205 e. The number of fused-ring (bicyclic) bond motifs is 1. The number of ether oxygens (including phenoxy) is 1. The molecule has 4 rings (SSSR count). The minimum absolute atomic E-state index is 0.110. The van der Waals surface area contributed by atoms with Crippen LogP contribution in [0.15, 0.2) is 60.8 Å². The first-order chi connectivity index (χ1) is 14.1. The summed E-state index contributed by atoms with van der Waals surface area (Å²) in [6, 6.07) is 11.5. The number of nitrogens with one attached hydrogen (secondary N) is 1. The topological polar surface area (TPSA) is 96.6 Å². The van der Waals surface area contributed by atoms with E-state index in [9.17, 15) is 14.4 Å². The molecule has 142 valence electrons. The van der Waals surface area contributed by atoms with Gasteiger partial charge in [0, 0.05) is 22.7 Å². The molecule has 2 aromatic carbocycles. The summed E-state index contributed by atoms with van der Waals surface area (Å²) < 4.78 is 20.9. The number of carbonyl (C=O) groups excluding carboxylic acids is 1. The maximum absolute atomic E-state index is 14.4.